The van der Waals surface area contributed by atoms with Gasteiger partial charge < -0.3 is 9.45 Å². The zero-order valence-corrected chi connectivity index (χ0v) is 25.1. The number of pyridine rings is 1. The summed E-state index contributed by atoms with van der Waals surface area (Å²) in [6.07, 6.45) is 1.33. The zero-order valence-electron chi connectivity index (χ0n) is 24.3. The molecule has 2 heterocycles. The number of hydrogen-bond acceptors (Lipinski definition) is 8. The van der Waals surface area contributed by atoms with Crippen LogP contribution >= 0.6 is 11.3 Å². The molecule has 0 fully saturated rings. The SMILES string of the molecule is CON(C)C(=O)c1cn(Cc2c(F)cccc2F)c2sc(-c3ccc(OON)cc3)c(CN(C)Cc3ccccc3)c2c1=O. The fourth-order valence-electron chi connectivity index (χ4n) is 4.99. The molecule has 3 aromatic carbocycles. The number of thiophene rings is 1. The molecule has 0 aliphatic rings. The lowest BCUT2D eigenvalue weighted by molar-refractivity contribution is -0.211. The van der Waals surface area contributed by atoms with Crippen molar-refractivity contribution in [1.82, 2.24) is 14.5 Å². The van der Waals surface area contributed by atoms with Gasteiger partial charge >= 0.3 is 0 Å². The summed E-state index contributed by atoms with van der Waals surface area (Å²) < 4.78 is 31.2. The maximum Gasteiger partial charge on any atom is 0.282 e. The first-order valence-corrected chi connectivity index (χ1v) is 14.3. The van der Waals surface area contributed by atoms with Crippen LogP contribution in [0.25, 0.3) is 20.7 Å². The van der Waals surface area contributed by atoms with Crippen LogP contribution in [0.1, 0.15) is 27.0 Å². The molecule has 228 valence electrons. The van der Waals surface area contributed by atoms with Gasteiger partial charge in [0, 0.05) is 36.8 Å². The Bertz CT molecular complexity index is 1820. The minimum atomic E-state index is -0.740. The van der Waals surface area contributed by atoms with Crippen molar-refractivity contribution in [1.29, 1.82) is 0 Å². The third-order valence-electron chi connectivity index (χ3n) is 7.17. The molecule has 5 aromatic rings. The van der Waals surface area contributed by atoms with Crippen molar-refractivity contribution < 1.29 is 28.3 Å². The molecule has 2 N–H and O–H groups in total. The second-order valence-electron chi connectivity index (χ2n) is 10.1. The second-order valence-corrected chi connectivity index (χ2v) is 11.1. The highest BCUT2D eigenvalue weighted by atomic mass is 32.1. The highest BCUT2D eigenvalue weighted by Crippen LogP contribution is 2.39. The molecule has 44 heavy (non-hydrogen) atoms. The monoisotopic (exact) mass is 620 g/mol. The summed E-state index contributed by atoms with van der Waals surface area (Å²) in [5.41, 5.74) is 1.58. The van der Waals surface area contributed by atoms with Crippen LogP contribution in [-0.4, -0.2) is 41.6 Å². The molecule has 0 spiro atoms. The van der Waals surface area contributed by atoms with Crippen LogP contribution < -0.4 is 16.2 Å². The molecular formula is C32H30F2N4O5S. The summed E-state index contributed by atoms with van der Waals surface area (Å²) >= 11 is 1.29. The summed E-state index contributed by atoms with van der Waals surface area (Å²) in [5, 5.41) is 1.21. The van der Waals surface area contributed by atoms with E-state index in [1.165, 1.54) is 49.9 Å². The van der Waals surface area contributed by atoms with Crippen LogP contribution in [0.5, 0.6) is 5.75 Å². The minimum Gasteiger partial charge on any atom is -0.334 e. The molecule has 12 heteroatoms. The number of hydrogen-bond donors (Lipinski definition) is 1. The Hall–Kier alpha value is -4.46. The van der Waals surface area contributed by atoms with Crippen LogP contribution in [-0.2, 0) is 29.5 Å². The Kier molecular flexibility index (Phi) is 9.47. The van der Waals surface area contributed by atoms with Gasteiger partial charge in [-0.25, -0.2) is 13.8 Å². The van der Waals surface area contributed by atoms with Gasteiger partial charge in [-0.15, -0.1) is 11.3 Å². The van der Waals surface area contributed by atoms with Gasteiger partial charge in [0.15, 0.2) is 5.75 Å². The molecule has 2 aromatic heterocycles. The zero-order chi connectivity index (χ0) is 31.4. The lowest BCUT2D eigenvalue weighted by atomic mass is 10.0. The van der Waals surface area contributed by atoms with Gasteiger partial charge in [0.05, 0.1) is 19.0 Å². The fraction of sp³-hybridized carbons (Fsp3) is 0.188. The molecule has 0 radical (unpaired) electrons. The first kappa shape index (κ1) is 31.0. The molecular weight excluding hydrogens is 590 g/mol. The van der Waals surface area contributed by atoms with Crippen molar-refractivity contribution in [2.75, 3.05) is 21.2 Å². The molecule has 0 aliphatic carbocycles. The number of amides is 1. The number of halogens is 2. The van der Waals surface area contributed by atoms with E-state index in [0.29, 0.717) is 29.2 Å². The van der Waals surface area contributed by atoms with E-state index in [1.54, 1.807) is 28.8 Å². The molecule has 0 bridgehead atoms. The Morgan fingerprint density at radius 3 is 2.25 bits per heavy atom. The first-order chi connectivity index (χ1) is 21.2. The number of nitrogens with zero attached hydrogens (tertiary/aromatic N) is 3. The lowest BCUT2D eigenvalue weighted by Crippen LogP contribution is -2.31. The number of benzene rings is 3. The summed E-state index contributed by atoms with van der Waals surface area (Å²) in [6.45, 7) is 0.652. The van der Waals surface area contributed by atoms with E-state index in [0.717, 1.165) is 21.1 Å². The van der Waals surface area contributed by atoms with Crippen LogP contribution in [0, 0.1) is 11.6 Å². The minimum absolute atomic E-state index is 0.196. The largest absolute Gasteiger partial charge is 0.334 e. The number of fused-ring (bicyclic) bond motifs is 1. The maximum atomic E-state index is 14.8. The van der Waals surface area contributed by atoms with Crippen LogP contribution in [0.15, 0.2) is 83.8 Å². The van der Waals surface area contributed by atoms with E-state index in [4.69, 9.17) is 15.6 Å². The quantitative estimate of drug-likeness (QED) is 0.154. The fourth-order valence-corrected chi connectivity index (χ4v) is 6.28. The van der Waals surface area contributed by atoms with Gasteiger partial charge in [-0.05, 0) is 60.1 Å². The Labute approximate surface area is 256 Å². The van der Waals surface area contributed by atoms with Gasteiger partial charge in [-0.1, -0.05) is 41.4 Å². The molecule has 0 unspecified atom stereocenters. The van der Waals surface area contributed by atoms with Crippen LogP contribution in [0.3, 0.4) is 0 Å². The Balaban J connectivity index is 1.75. The number of hydroxylamine groups is 2. The van der Waals surface area contributed by atoms with Crippen molar-refractivity contribution >= 4 is 27.5 Å². The van der Waals surface area contributed by atoms with Crippen molar-refractivity contribution in [3.8, 4) is 16.2 Å². The van der Waals surface area contributed by atoms with E-state index < -0.39 is 23.0 Å². The number of nitrogens with two attached hydrogens (primary N) is 1. The standard InChI is InChI=1S/C32H30F2N4O5S/c1-36(16-20-8-5-4-6-9-20)17-24-28-29(39)25(31(40)37(2)41-3)19-38(18-23-26(33)10-7-11-27(23)34)32(28)44-30(24)21-12-14-22(15-13-21)42-43-35/h4-15,19H,16-18,35H2,1-3H3. The van der Waals surface area contributed by atoms with Gasteiger partial charge in [0.1, 0.15) is 22.0 Å². The van der Waals surface area contributed by atoms with E-state index in [-0.39, 0.29) is 23.1 Å². The van der Waals surface area contributed by atoms with E-state index in [2.05, 4.69) is 9.89 Å². The van der Waals surface area contributed by atoms with E-state index >= 15 is 0 Å². The molecule has 0 saturated heterocycles. The average molecular weight is 621 g/mol. The van der Waals surface area contributed by atoms with Gasteiger partial charge in [-0.3, -0.25) is 19.3 Å². The maximum absolute atomic E-state index is 14.8. The molecule has 1 amide bonds. The number of carbonyl (C=O) groups excluding carboxylic acids is 1. The molecule has 0 saturated carbocycles. The van der Waals surface area contributed by atoms with Gasteiger partial charge in [0.2, 0.25) is 5.43 Å². The van der Waals surface area contributed by atoms with Gasteiger partial charge in [-0.2, -0.15) is 5.90 Å². The van der Waals surface area contributed by atoms with Crippen molar-refractivity contribution in [3.63, 3.8) is 0 Å². The van der Waals surface area contributed by atoms with Crippen LogP contribution in [0.4, 0.5) is 8.78 Å². The van der Waals surface area contributed by atoms with Crippen LogP contribution in [0.2, 0.25) is 0 Å². The first-order valence-electron chi connectivity index (χ1n) is 13.5. The molecule has 9 nitrogen and oxygen atoms in total. The molecule has 5 rings (SSSR count). The third kappa shape index (κ3) is 6.39. The van der Waals surface area contributed by atoms with Crippen molar-refractivity contribution in [2.24, 2.45) is 5.90 Å². The molecule has 0 aliphatic heterocycles. The van der Waals surface area contributed by atoms with Crippen molar-refractivity contribution in [2.45, 2.75) is 19.6 Å². The second kappa shape index (κ2) is 13.5. The smallest absolute Gasteiger partial charge is 0.282 e. The van der Waals surface area contributed by atoms with Gasteiger partial charge in [0.25, 0.3) is 5.91 Å². The summed E-state index contributed by atoms with van der Waals surface area (Å²) in [6, 6.07) is 20.4. The summed E-state index contributed by atoms with van der Waals surface area (Å²) in [5.74, 6) is 3.23. The normalized spacial score (nSPS) is 11.3. The lowest BCUT2D eigenvalue weighted by Gasteiger charge is -2.19. The summed E-state index contributed by atoms with van der Waals surface area (Å²) in [4.78, 5) is 45.0. The summed E-state index contributed by atoms with van der Waals surface area (Å²) in [7, 11) is 4.62. The highest BCUT2D eigenvalue weighted by Gasteiger charge is 2.26. The third-order valence-corrected chi connectivity index (χ3v) is 8.49. The number of rotatable bonds is 11. The van der Waals surface area contributed by atoms with Crippen molar-refractivity contribution in [3.05, 3.63) is 123 Å². The number of aromatic nitrogens is 1. The predicted molar refractivity (Wildman–Crippen MR) is 164 cm³/mol. The predicted octanol–water partition coefficient (Wildman–Crippen LogP) is 5.51. The number of carbonyl (C=O) groups is 1. The van der Waals surface area contributed by atoms with E-state index in [9.17, 15) is 18.4 Å². The Morgan fingerprint density at radius 2 is 1.61 bits per heavy atom. The molecule has 0 atom stereocenters. The average Bonchev–Trinajstić information content (AvgIpc) is 3.39. The Morgan fingerprint density at radius 1 is 0.932 bits per heavy atom. The van der Waals surface area contributed by atoms with E-state index in [1.807, 2.05) is 37.4 Å². The topological polar surface area (TPSA) is 99.3 Å². The highest BCUT2D eigenvalue weighted by molar-refractivity contribution is 7.22.